The van der Waals surface area contributed by atoms with Gasteiger partial charge < -0.3 is 4.74 Å². The van der Waals surface area contributed by atoms with Crippen molar-refractivity contribution in [3.8, 4) is 5.75 Å². The van der Waals surface area contributed by atoms with Crippen LogP contribution in [0.1, 0.15) is 23.9 Å². The van der Waals surface area contributed by atoms with E-state index in [2.05, 4.69) is 54.0 Å². The Morgan fingerprint density at radius 1 is 1.24 bits per heavy atom. The molecule has 0 unspecified atom stereocenters. The monoisotopic (exact) mass is 286 g/mol. The quantitative estimate of drug-likeness (QED) is 0.845. The van der Waals surface area contributed by atoms with E-state index in [0.29, 0.717) is 0 Å². The van der Waals surface area contributed by atoms with Gasteiger partial charge in [-0.2, -0.15) is 5.10 Å². The van der Waals surface area contributed by atoms with E-state index in [1.807, 2.05) is 4.68 Å². The van der Waals surface area contributed by atoms with Gasteiger partial charge in [-0.05, 0) is 31.9 Å². The molecule has 2 heterocycles. The summed E-state index contributed by atoms with van der Waals surface area (Å²) in [5.74, 6) is 2.07. The number of hydrogen-bond donors (Lipinski definition) is 0. The fraction of sp³-hybridized carbons (Fsp3) is 0.500. The molecule has 1 fully saturated rings. The molecule has 0 radical (unpaired) electrons. The molecule has 0 spiro atoms. The first kappa shape index (κ1) is 14.1. The molecule has 0 N–H and O–H groups in total. The van der Waals surface area contributed by atoms with Crippen LogP contribution in [0, 0.1) is 13.8 Å². The highest BCUT2D eigenvalue weighted by atomic mass is 16.5. The number of nitrogens with zero attached hydrogens (tertiary/aromatic N) is 4. The maximum atomic E-state index is 6.13. The number of ether oxygens (including phenoxy) is 1. The topological polar surface area (TPSA) is 43.2 Å². The van der Waals surface area contributed by atoms with Crippen LogP contribution in [0.5, 0.6) is 5.75 Å². The minimum Gasteiger partial charge on any atom is -0.487 e. The Labute approximate surface area is 125 Å². The van der Waals surface area contributed by atoms with Crippen LogP contribution in [0.2, 0.25) is 0 Å². The maximum absolute atomic E-state index is 6.13. The molecule has 1 aromatic carbocycles. The summed E-state index contributed by atoms with van der Waals surface area (Å²) in [7, 11) is 0. The number of hydrogen-bond acceptors (Lipinski definition) is 4. The second-order valence-electron chi connectivity index (χ2n) is 5.65. The molecule has 5 nitrogen and oxygen atoms in total. The van der Waals surface area contributed by atoms with E-state index in [4.69, 9.17) is 4.74 Å². The van der Waals surface area contributed by atoms with Crippen LogP contribution in [-0.4, -0.2) is 38.9 Å². The van der Waals surface area contributed by atoms with Crippen LogP contribution in [0.15, 0.2) is 24.5 Å². The summed E-state index contributed by atoms with van der Waals surface area (Å²) in [5, 5.41) is 4.20. The third kappa shape index (κ3) is 2.93. The zero-order valence-corrected chi connectivity index (χ0v) is 12.9. The van der Waals surface area contributed by atoms with Gasteiger partial charge in [-0.25, -0.2) is 9.67 Å². The second-order valence-corrected chi connectivity index (χ2v) is 5.65. The van der Waals surface area contributed by atoms with Crippen molar-refractivity contribution in [3.63, 3.8) is 0 Å². The van der Waals surface area contributed by atoms with E-state index >= 15 is 0 Å². The molecule has 3 rings (SSSR count). The van der Waals surface area contributed by atoms with Gasteiger partial charge in [0.25, 0.3) is 0 Å². The van der Waals surface area contributed by atoms with Gasteiger partial charge >= 0.3 is 0 Å². The summed E-state index contributed by atoms with van der Waals surface area (Å²) in [6.07, 6.45) is 1.91. The molecule has 5 heteroatoms. The SMILES string of the molecule is CCn1ncnc1CN1CC(Oc2c(C)cccc2C)C1. The lowest BCUT2D eigenvalue weighted by Crippen LogP contribution is -2.53. The van der Waals surface area contributed by atoms with E-state index in [1.165, 1.54) is 11.1 Å². The molecule has 2 aromatic rings. The largest absolute Gasteiger partial charge is 0.487 e. The molecule has 1 aliphatic heterocycles. The molecule has 112 valence electrons. The average molecular weight is 286 g/mol. The number of benzene rings is 1. The van der Waals surface area contributed by atoms with Gasteiger partial charge in [-0.15, -0.1) is 0 Å². The summed E-state index contributed by atoms with van der Waals surface area (Å²) in [5.41, 5.74) is 2.42. The van der Waals surface area contributed by atoms with Crippen molar-refractivity contribution in [1.29, 1.82) is 0 Å². The van der Waals surface area contributed by atoms with Gasteiger partial charge in [0.1, 0.15) is 24.0 Å². The summed E-state index contributed by atoms with van der Waals surface area (Å²) < 4.78 is 8.08. The Morgan fingerprint density at radius 2 is 1.95 bits per heavy atom. The Morgan fingerprint density at radius 3 is 2.62 bits per heavy atom. The first-order chi connectivity index (χ1) is 10.2. The van der Waals surface area contributed by atoms with Crippen LogP contribution in [-0.2, 0) is 13.1 Å². The van der Waals surface area contributed by atoms with Crippen molar-refractivity contribution >= 4 is 0 Å². The van der Waals surface area contributed by atoms with Crippen LogP contribution in [0.3, 0.4) is 0 Å². The number of para-hydroxylation sites is 1. The first-order valence-electron chi connectivity index (χ1n) is 7.49. The van der Waals surface area contributed by atoms with Gasteiger partial charge in [0.2, 0.25) is 0 Å². The number of rotatable bonds is 5. The number of likely N-dealkylation sites (tertiary alicyclic amines) is 1. The second kappa shape index (κ2) is 5.85. The number of aromatic nitrogens is 3. The fourth-order valence-electron chi connectivity index (χ4n) is 2.75. The highest BCUT2D eigenvalue weighted by molar-refractivity contribution is 5.40. The van der Waals surface area contributed by atoms with E-state index in [9.17, 15) is 0 Å². The smallest absolute Gasteiger partial charge is 0.140 e. The lowest BCUT2D eigenvalue weighted by Gasteiger charge is -2.39. The van der Waals surface area contributed by atoms with Crippen molar-refractivity contribution in [1.82, 2.24) is 19.7 Å². The van der Waals surface area contributed by atoms with E-state index in [-0.39, 0.29) is 6.10 Å². The summed E-state index contributed by atoms with van der Waals surface area (Å²) in [6, 6.07) is 6.27. The molecule has 0 saturated carbocycles. The van der Waals surface area contributed by atoms with E-state index < -0.39 is 0 Å². The van der Waals surface area contributed by atoms with Crippen LogP contribution < -0.4 is 4.74 Å². The predicted molar refractivity (Wildman–Crippen MR) is 81.3 cm³/mol. The Hall–Kier alpha value is -1.88. The summed E-state index contributed by atoms with van der Waals surface area (Å²) in [4.78, 5) is 6.66. The minimum absolute atomic E-state index is 0.280. The van der Waals surface area contributed by atoms with Crippen molar-refractivity contribution in [2.45, 2.75) is 40.0 Å². The van der Waals surface area contributed by atoms with Crippen molar-refractivity contribution in [3.05, 3.63) is 41.5 Å². The van der Waals surface area contributed by atoms with Gasteiger partial charge in [-0.1, -0.05) is 18.2 Å². The highest BCUT2D eigenvalue weighted by Gasteiger charge is 2.30. The molecule has 0 aliphatic carbocycles. The molecule has 0 bridgehead atoms. The van der Waals surface area contributed by atoms with Crippen molar-refractivity contribution < 1.29 is 4.74 Å². The molecule has 0 atom stereocenters. The van der Waals surface area contributed by atoms with Gasteiger partial charge in [0.15, 0.2) is 0 Å². The zero-order chi connectivity index (χ0) is 14.8. The van der Waals surface area contributed by atoms with E-state index in [1.54, 1.807) is 6.33 Å². The van der Waals surface area contributed by atoms with E-state index in [0.717, 1.165) is 37.8 Å². The summed E-state index contributed by atoms with van der Waals surface area (Å²) in [6.45, 7) is 9.90. The standard InChI is InChI=1S/C16H22N4O/c1-4-20-15(17-11-18-20)10-19-8-14(9-19)21-16-12(2)6-5-7-13(16)3/h5-7,11,14H,4,8-10H2,1-3H3. The third-order valence-corrected chi connectivity index (χ3v) is 3.98. The highest BCUT2D eigenvalue weighted by Crippen LogP contribution is 2.26. The normalized spacial score (nSPS) is 16.0. The van der Waals surface area contributed by atoms with Crippen molar-refractivity contribution in [2.75, 3.05) is 13.1 Å². The fourth-order valence-corrected chi connectivity index (χ4v) is 2.75. The van der Waals surface area contributed by atoms with Crippen LogP contribution >= 0.6 is 0 Å². The summed E-state index contributed by atoms with van der Waals surface area (Å²) >= 11 is 0. The van der Waals surface area contributed by atoms with Gasteiger partial charge in [0.05, 0.1) is 6.54 Å². The average Bonchev–Trinajstić information content (AvgIpc) is 2.87. The molecule has 0 amide bonds. The predicted octanol–water partition coefficient (Wildman–Crippen LogP) is 2.18. The first-order valence-corrected chi connectivity index (χ1v) is 7.49. The molecule has 1 aromatic heterocycles. The zero-order valence-electron chi connectivity index (χ0n) is 12.9. The Bertz CT molecular complexity index is 596. The minimum atomic E-state index is 0.280. The van der Waals surface area contributed by atoms with Crippen molar-refractivity contribution in [2.24, 2.45) is 0 Å². The molecular weight excluding hydrogens is 264 g/mol. The molecule has 1 saturated heterocycles. The maximum Gasteiger partial charge on any atom is 0.140 e. The Balaban J connectivity index is 1.54. The molecule has 1 aliphatic rings. The molecule has 21 heavy (non-hydrogen) atoms. The lowest BCUT2D eigenvalue weighted by atomic mass is 10.1. The van der Waals surface area contributed by atoms with Gasteiger partial charge in [0, 0.05) is 19.6 Å². The third-order valence-electron chi connectivity index (χ3n) is 3.98. The Kier molecular flexibility index (Phi) is 3.92. The van der Waals surface area contributed by atoms with Crippen LogP contribution in [0.25, 0.3) is 0 Å². The number of aryl methyl sites for hydroxylation is 3. The molecular formula is C16H22N4O. The van der Waals surface area contributed by atoms with Gasteiger partial charge in [-0.3, -0.25) is 4.90 Å². The lowest BCUT2D eigenvalue weighted by molar-refractivity contribution is 0.0114. The van der Waals surface area contributed by atoms with Crippen LogP contribution in [0.4, 0.5) is 0 Å².